The number of methoxy groups -OCH3 is 2. The summed E-state index contributed by atoms with van der Waals surface area (Å²) >= 11 is 6.44. The summed E-state index contributed by atoms with van der Waals surface area (Å²) in [5, 5.41) is -0.0927. The average molecular weight is 701 g/mol. The van der Waals surface area contributed by atoms with Crippen LogP contribution in [0.3, 0.4) is 0 Å². The molecule has 0 radical (unpaired) electrons. The van der Waals surface area contributed by atoms with E-state index in [2.05, 4.69) is 33.9 Å². The molecule has 1 fully saturated rings. The van der Waals surface area contributed by atoms with Crippen LogP contribution in [0.2, 0.25) is 5.02 Å². The number of carbonyl (C=O) groups excluding carboxylic acids is 1. The molecule has 2 aromatic carbocycles. The number of nitrogens with one attached hydrogen (secondary N) is 1. The Bertz CT molecular complexity index is 1600. The highest BCUT2D eigenvalue weighted by atomic mass is 35.5. The largest absolute Gasteiger partial charge is 0.490 e. The summed E-state index contributed by atoms with van der Waals surface area (Å²) in [5.74, 6) is 0.509. The molecule has 6 atom stereocenters. The Kier molecular flexibility index (Phi) is 11.1. The SMILES string of the molecule is COCCOCC[C@@H]1[C@@H](C)C/C=C/[C@H](OC)[C@@H]2CC[C@H]2CN2C[C@@]3(CCCc4cc(Cl)ccc43)COc3ccc(cc32)C(=O)NS1(=O)=O. The highest BCUT2D eigenvalue weighted by molar-refractivity contribution is 7.90. The first-order chi connectivity index (χ1) is 23.1. The Morgan fingerprint density at radius 3 is 2.73 bits per heavy atom. The lowest BCUT2D eigenvalue weighted by molar-refractivity contribution is 0.0131. The average Bonchev–Trinajstić information content (AvgIpc) is 3.20. The summed E-state index contributed by atoms with van der Waals surface area (Å²) in [5.41, 5.74) is 3.39. The number of hydrogen-bond donors (Lipinski definition) is 1. The van der Waals surface area contributed by atoms with Gasteiger partial charge in [0.15, 0.2) is 0 Å². The van der Waals surface area contributed by atoms with Gasteiger partial charge in [0.1, 0.15) is 5.75 Å². The number of hydrogen-bond acceptors (Lipinski definition) is 8. The predicted molar refractivity (Wildman–Crippen MR) is 188 cm³/mol. The van der Waals surface area contributed by atoms with Crippen molar-refractivity contribution in [1.29, 1.82) is 0 Å². The van der Waals surface area contributed by atoms with Crippen LogP contribution < -0.4 is 14.4 Å². The fraction of sp³-hybridized carbons (Fsp3) is 0.595. The molecule has 1 N–H and O–H groups in total. The van der Waals surface area contributed by atoms with Gasteiger partial charge in [0.2, 0.25) is 10.0 Å². The zero-order valence-corrected chi connectivity index (χ0v) is 29.9. The molecule has 262 valence electrons. The number of nitrogens with zero attached hydrogens (tertiary/aromatic N) is 1. The third-order valence-corrected chi connectivity index (χ3v) is 13.2. The summed E-state index contributed by atoms with van der Waals surface area (Å²) in [6.07, 6.45) is 10.0. The van der Waals surface area contributed by atoms with E-state index in [0.717, 1.165) is 55.9 Å². The lowest BCUT2D eigenvalue weighted by atomic mass is 9.68. The monoisotopic (exact) mass is 700 g/mol. The normalized spacial score (nSPS) is 30.6. The zero-order chi connectivity index (χ0) is 33.9. The first kappa shape index (κ1) is 35.2. The molecule has 0 unspecified atom stereocenters. The van der Waals surface area contributed by atoms with Crippen molar-refractivity contribution in [2.24, 2.45) is 17.8 Å². The van der Waals surface area contributed by atoms with Gasteiger partial charge >= 0.3 is 0 Å². The third kappa shape index (κ3) is 7.43. The number of sulfonamides is 1. The summed E-state index contributed by atoms with van der Waals surface area (Å²) in [4.78, 5) is 16.1. The number of fused-ring (bicyclic) bond motifs is 4. The summed E-state index contributed by atoms with van der Waals surface area (Å²) in [7, 11) is -0.701. The van der Waals surface area contributed by atoms with Crippen molar-refractivity contribution in [3.8, 4) is 5.75 Å². The molecule has 1 spiro atoms. The van der Waals surface area contributed by atoms with E-state index in [4.69, 9.17) is 30.5 Å². The number of aryl methyl sites for hydroxylation is 1. The maximum Gasteiger partial charge on any atom is 0.264 e. The van der Waals surface area contributed by atoms with Crippen LogP contribution in [0, 0.1) is 17.8 Å². The summed E-state index contributed by atoms with van der Waals surface area (Å²) < 4.78 is 53.5. The van der Waals surface area contributed by atoms with Crippen molar-refractivity contribution < 1.29 is 32.2 Å². The van der Waals surface area contributed by atoms with Crippen LogP contribution in [0.5, 0.6) is 5.75 Å². The number of anilines is 1. The maximum absolute atomic E-state index is 13.8. The molecule has 1 amide bonds. The van der Waals surface area contributed by atoms with E-state index in [1.807, 2.05) is 25.1 Å². The van der Waals surface area contributed by atoms with E-state index in [1.165, 1.54) is 11.1 Å². The summed E-state index contributed by atoms with van der Waals surface area (Å²) in [6.45, 7) is 4.96. The minimum atomic E-state index is -4.05. The van der Waals surface area contributed by atoms with Crippen LogP contribution in [0.1, 0.15) is 66.9 Å². The molecule has 6 rings (SSSR count). The molecular weight excluding hydrogens is 652 g/mol. The van der Waals surface area contributed by atoms with Crippen molar-refractivity contribution in [3.05, 3.63) is 70.3 Å². The Morgan fingerprint density at radius 2 is 1.96 bits per heavy atom. The first-order valence-corrected chi connectivity index (χ1v) is 19.2. The molecule has 0 aromatic heterocycles. The van der Waals surface area contributed by atoms with Crippen LogP contribution in [-0.2, 0) is 36.1 Å². The molecule has 48 heavy (non-hydrogen) atoms. The van der Waals surface area contributed by atoms with Crippen LogP contribution in [0.4, 0.5) is 5.69 Å². The van der Waals surface area contributed by atoms with Gasteiger partial charge in [-0.3, -0.25) is 4.79 Å². The Labute approximate surface area is 290 Å². The standard InChI is InChI=1S/C37H49ClN2O7S/c1-25-6-4-8-33(45-3)30-12-9-28(30)22-40-23-37(16-5-7-26-20-29(38)11-13-31(26)37)24-47-34-14-10-27(21-32(34)40)36(41)39-48(42,43)35(25)15-17-46-19-18-44-2/h4,8,10-11,13-14,20-21,25,28,30,33,35H,5-7,9,12,15-19,22-24H2,1-3H3,(H,39,41)/b8-4+/t25-,28-,30+,33-,35+,37-/m0/s1. The number of benzene rings is 2. The van der Waals surface area contributed by atoms with Crippen molar-refractivity contribution in [2.45, 2.75) is 68.6 Å². The second kappa shape index (κ2) is 15.1. The molecule has 2 heterocycles. The van der Waals surface area contributed by atoms with Gasteiger partial charge in [0, 0.05) is 49.9 Å². The number of rotatable bonds is 7. The molecule has 4 aliphatic rings. The van der Waals surface area contributed by atoms with Gasteiger partial charge in [-0.25, -0.2) is 13.1 Å². The third-order valence-electron chi connectivity index (χ3n) is 11.0. The Morgan fingerprint density at radius 1 is 1.10 bits per heavy atom. The van der Waals surface area contributed by atoms with Gasteiger partial charge in [-0.05, 0) is 104 Å². The van der Waals surface area contributed by atoms with Crippen LogP contribution in [0.25, 0.3) is 0 Å². The first-order valence-electron chi connectivity index (χ1n) is 17.3. The van der Waals surface area contributed by atoms with Crippen molar-refractivity contribution in [2.75, 3.05) is 58.6 Å². The molecule has 1 saturated carbocycles. The molecule has 2 bridgehead atoms. The van der Waals surface area contributed by atoms with E-state index in [-0.39, 0.29) is 36.0 Å². The van der Waals surface area contributed by atoms with Crippen molar-refractivity contribution in [1.82, 2.24) is 4.72 Å². The van der Waals surface area contributed by atoms with Gasteiger partial charge in [-0.2, -0.15) is 0 Å². The second-order valence-electron chi connectivity index (χ2n) is 14.0. The maximum atomic E-state index is 13.8. The summed E-state index contributed by atoms with van der Waals surface area (Å²) in [6, 6.07) is 11.5. The van der Waals surface area contributed by atoms with Gasteiger partial charge < -0.3 is 23.8 Å². The van der Waals surface area contributed by atoms with Crippen LogP contribution >= 0.6 is 11.6 Å². The fourth-order valence-corrected chi connectivity index (χ4v) is 10.1. The molecule has 2 aromatic rings. The molecular formula is C37H49ClN2O7S. The van der Waals surface area contributed by atoms with E-state index >= 15 is 0 Å². The van der Waals surface area contributed by atoms with Gasteiger partial charge in [-0.15, -0.1) is 0 Å². The second-order valence-corrected chi connectivity index (χ2v) is 16.4. The molecule has 11 heteroatoms. The number of ether oxygens (including phenoxy) is 4. The van der Waals surface area contributed by atoms with Crippen LogP contribution in [-0.4, -0.2) is 79.4 Å². The Hall–Kier alpha value is -2.63. The highest BCUT2D eigenvalue weighted by Gasteiger charge is 2.44. The highest BCUT2D eigenvalue weighted by Crippen LogP contribution is 2.47. The lowest BCUT2D eigenvalue weighted by Gasteiger charge is -2.46. The van der Waals surface area contributed by atoms with Gasteiger partial charge in [0.25, 0.3) is 5.91 Å². The topological polar surface area (TPSA) is 103 Å². The van der Waals surface area contributed by atoms with E-state index < -0.39 is 21.2 Å². The van der Waals surface area contributed by atoms with Crippen molar-refractivity contribution in [3.63, 3.8) is 0 Å². The minimum absolute atomic E-state index is 0.0727. The number of allylic oxidation sites excluding steroid dienone is 1. The lowest BCUT2D eigenvalue weighted by Crippen LogP contribution is -2.49. The number of carbonyl (C=O) groups is 1. The van der Waals surface area contributed by atoms with E-state index in [9.17, 15) is 13.2 Å². The van der Waals surface area contributed by atoms with Gasteiger partial charge in [0.05, 0.1) is 36.9 Å². The smallest absolute Gasteiger partial charge is 0.264 e. The quantitative estimate of drug-likeness (QED) is 0.280. The molecule has 2 aliphatic heterocycles. The van der Waals surface area contributed by atoms with E-state index in [0.29, 0.717) is 43.8 Å². The van der Waals surface area contributed by atoms with E-state index in [1.54, 1.807) is 20.3 Å². The van der Waals surface area contributed by atoms with Gasteiger partial charge in [-0.1, -0.05) is 36.7 Å². The Balaban J connectivity index is 1.37. The molecule has 0 saturated heterocycles. The molecule has 2 aliphatic carbocycles. The number of amides is 1. The fourth-order valence-electron chi connectivity index (χ4n) is 8.22. The molecule has 9 nitrogen and oxygen atoms in total. The van der Waals surface area contributed by atoms with Crippen molar-refractivity contribution >= 4 is 33.2 Å². The number of halogens is 1. The minimum Gasteiger partial charge on any atom is -0.490 e. The predicted octanol–water partition coefficient (Wildman–Crippen LogP) is 5.93. The van der Waals surface area contributed by atoms with Crippen LogP contribution in [0.15, 0.2) is 48.6 Å². The zero-order valence-electron chi connectivity index (χ0n) is 28.3.